The highest BCUT2D eigenvalue weighted by atomic mass is 32.2. The Bertz CT molecular complexity index is 808. The van der Waals surface area contributed by atoms with Gasteiger partial charge in [0.2, 0.25) is 0 Å². The molecule has 128 valence electrons. The van der Waals surface area contributed by atoms with E-state index in [0.717, 1.165) is 24.2 Å². The highest BCUT2D eigenvalue weighted by Crippen LogP contribution is 2.31. The summed E-state index contributed by atoms with van der Waals surface area (Å²) in [7, 11) is -3.73. The zero-order valence-corrected chi connectivity index (χ0v) is 14.2. The van der Waals surface area contributed by atoms with Crippen molar-refractivity contribution >= 4 is 33.0 Å². The van der Waals surface area contributed by atoms with Gasteiger partial charge in [-0.25, -0.2) is 8.42 Å². The Morgan fingerprint density at radius 2 is 2.04 bits per heavy atom. The fourth-order valence-corrected chi connectivity index (χ4v) is 4.94. The minimum absolute atomic E-state index is 0.0546. The standard InChI is InChI=1S/C15H16N2O5S2/c18-14(15(19)17-10-5-6-10)16-9-12(11-3-1-7-22-11)24(20,21)13-4-2-8-23-13/h1-4,7-8,10,12H,5-6,9H2,(H,16,18)(H,17,19)/t12-/m1/s1. The van der Waals surface area contributed by atoms with E-state index in [0.29, 0.717) is 0 Å². The molecule has 3 rings (SSSR count). The van der Waals surface area contributed by atoms with Crippen LogP contribution in [0.1, 0.15) is 23.9 Å². The van der Waals surface area contributed by atoms with Gasteiger partial charge in [-0.05, 0) is 36.4 Å². The van der Waals surface area contributed by atoms with Crippen molar-refractivity contribution in [2.24, 2.45) is 0 Å². The number of amides is 2. The van der Waals surface area contributed by atoms with Crippen LogP contribution in [-0.4, -0.2) is 32.8 Å². The molecule has 0 aromatic carbocycles. The molecule has 1 atom stereocenters. The summed E-state index contributed by atoms with van der Waals surface area (Å²) in [5, 5.41) is 5.51. The van der Waals surface area contributed by atoms with Crippen LogP contribution in [0.3, 0.4) is 0 Å². The number of rotatable bonds is 6. The molecule has 2 aromatic heterocycles. The average molecular weight is 368 g/mol. The summed E-state index contributed by atoms with van der Waals surface area (Å²) in [5.74, 6) is -1.38. The molecule has 2 heterocycles. The zero-order chi connectivity index (χ0) is 17.2. The summed E-state index contributed by atoms with van der Waals surface area (Å²) in [6.07, 6.45) is 3.09. The third-order valence-corrected chi connectivity index (χ3v) is 7.07. The minimum Gasteiger partial charge on any atom is -0.468 e. The largest absolute Gasteiger partial charge is 0.468 e. The van der Waals surface area contributed by atoms with Crippen molar-refractivity contribution in [2.45, 2.75) is 28.3 Å². The number of hydrogen-bond acceptors (Lipinski definition) is 6. The van der Waals surface area contributed by atoms with E-state index in [9.17, 15) is 18.0 Å². The van der Waals surface area contributed by atoms with Crippen LogP contribution in [0.4, 0.5) is 0 Å². The molecule has 0 saturated heterocycles. The van der Waals surface area contributed by atoms with Gasteiger partial charge >= 0.3 is 11.8 Å². The number of carbonyl (C=O) groups excluding carboxylic acids is 2. The summed E-state index contributed by atoms with van der Waals surface area (Å²) in [5.41, 5.74) is 0. The Morgan fingerprint density at radius 1 is 1.25 bits per heavy atom. The van der Waals surface area contributed by atoms with E-state index in [2.05, 4.69) is 10.6 Å². The second kappa shape index (κ2) is 6.78. The molecule has 1 saturated carbocycles. The van der Waals surface area contributed by atoms with Gasteiger partial charge in [-0.2, -0.15) is 0 Å². The number of carbonyl (C=O) groups is 2. The maximum absolute atomic E-state index is 12.8. The Kier molecular flexibility index (Phi) is 4.72. The van der Waals surface area contributed by atoms with Crippen molar-refractivity contribution in [1.29, 1.82) is 0 Å². The number of sulfone groups is 1. The first-order chi connectivity index (χ1) is 11.5. The summed E-state index contributed by atoms with van der Waals surface area (Å²) in [4.78, 5) is 23.5. The molecule has 0 aliphatic heterocycles. The van der Waals surface area contributed by atoms with Gasteiger partial charge in [0.25, 0.3) is 0 Å². The SMILES string of the molecule is O=C(NC[C@H](c1ccco1)S(=O)(=O)c1cccs1)C(=O)NC1CC1. The Balaban J connectivity index is 1.74. The lowest BCUT2D eigenvalue weighted by Crippen LogP contribution is -2.42. The van der Waals surface area contributed by atoms with Gasteiger partial charge < -0.3 is 15.1 Å². The van der Waals surface area contributed by atoms with Gasteiger partial charge in [-0.1, -0.05) is 6.07 Å². The minimum atomic E-state index is -3.73. The van der Waals surface area contributed by atoms with E-state index in [1.165, 1.54) is 18.4 Å². The van der Waals surface area contributed by atoms with Crippen LogP contribution >= 0.6 is 11.3 Å². The first-order valence-corrected chi connectivity index (χ1v) is 9.80. The summed E-state index contributed by atoms with van der Waals surface area (Å²) in [6, 6.07) is 6.30. The van der Waals surface area contributed by atoms with Crippen LogP contribution in [0.2, 0.25) is 0 Å². The van der Waals surface area contributed by atoms with E-state index < -0.39 is 26.9 Å². The quantitative estimate of drug-likeness (QED) is 0.747. The van der Waals surface area contributed by atoms with Crippen molar-refractivity contribution < 1.29 is 22.4 Å². The molecule has 1 aliphatic carbocycles. The van der Waals surface area contributed by atoms with Crippen molar-refractivity contribution in [2.75, 3.05) is 6.54 Å². The van der Waals surface area contributed by atoms with Crippen LogP contribution < -0.4 is 10.6 Å². The Hall–Kier alpha value is -2.13. The molecule has 1 aliphatic rings. The van der Waals surface area contributed by atoms with Crippen LogP contribution in [0, 0.1) is 0 Å². The van der Waals surface area contributed by atoms with Crippen LogP contribution in [0.25, 0.3) is 0 Å². The van der Waals surface area contributed by atoms with Gasteiger partial charge in [0.05, 0.1) is 6.26 Å². The van der Waals surface area contributed by atoms with Crippen molar-refractivity contribution in [3.8, 4) is 0 Å². The molecule has 2 aromatic rings. The van der Waals surface area contributed by atoms with Gasteiger partial charge in [-0.3, -0.25) is 9.59 Å². The summed E-state index contributed by atoms with van der Waals surface area (Å²) in [6.45, 7) is -0.245. The molecule has 7 nitrogen and oxygen atoms in total. The lowest BCUT2D eigenvalue weighted by molar-refractivity contribution is -0.139. The maximum Gasteiger partial charge on any atom is 0.309 e. The zero-order valence-electron chi connectivity index (χ0n) is 12.6. The van der Waals surface area contributed by atoms with Crippen LogP contribution in [0.5, 0.6) is 0 Å². The van der Waals surface area contributed by atoms with Gasteiger partial charge in [0.1, 0.15) is 15.2 Å². The topological polar surface area (TPSA) is 105 Å². The first-order valence-electron chi connectivity index (χ1n) is 7.38. The molecular weight excluding hydrogens is 352 g/mol. The summed E-state index contributed by atoms with van der Waals surface area (Å²) >= 11 is 1.09. The predicted octanol–water partition coefficient (Wildman–Crippen LogP) is 1.25. The van der Waals surface area contributed by atoms with E-state index in [1.54, 1.807) is 17.5 Å². The smallest absolute Gasteiger partial charge is 0.309 e. The number of furan rings is 1. The van der Waals surface area contributed by atoms with E-state index in [4.69, 9.17) is 4.42 Å². The molecule has 2 amide bonds. The van der Waals surface area contributed by atoms with Crippen molar-refractivity contribution in [3.05, 3.63) is 41.7 Å². The van der Waals surface area contributed by atoms with Crippen LogP contribution in [0.15, 0.2) is 44.5 Å². The predicted molar refractivity (Wildman–Crippen MR) is 87.1 cm³/mol. The lowest BCUT2D eigenvalue weighted by atomic mass is 10.3. The second-order valence-electron chi connectivity index (χ2n) is 5.44. The Morgan fingerprint density at radius 3 is 2.62 bits per heavy atom. The Labute approximate surface area is 143 Å². The van der Waals surface area contributed by atoms with Gasteiger partial charge in [0, 0.05) is 12.6 Å². The number of nitrogens with one attached hydrogen (secondary N) is 2. The third kappa shape index (κ3) is 3.68. The van der Waals surface area contributed by atoms with E-state index >= 15 is 0 Å². The van der Waals surface area contributed by atoms with Crippen molar-refractivity contribution in [3.63, 3.8) is 0 Å². The third-order valence-electron chi connectivity index (χ3n) is 3.58. The molecular formula is C15H16N2O5S2. The maximum atomic E-state index is 12.8. The number of thiophene rings is 1. The molecule has 0 radical (unpaired) electrons. The fourth-order valence-electron chi connectivity index (χ4n) is 2.15. The van der Waals surface area contributed by atoms with Crippen molar-refractivity contribution in [1.82, 2.24) is 10.6 Å². The second-order valence-corrected chi connectivity index (χ2v) is 8.74. The van der Waals surface area contributed by atoms with Gasteiger partial charge in [0.15, 0.2) is 9.84 Å². The van der Waals surface area contributed by atoms with E-state index in [-0.39, 0.29) is 22.6 Å². The monoisotopic (exact) mass is 368 g/mol. The molecule has 0 unspecified atom stereocenters. The molecule has 2 N–H and O–H groups in total. The fraction of sp³-hybridized carbons (Fsp3) is 0.333. The van der Waals surface area contributed by atoms with E-state index in [1.807, 2.05) is 0 Å². The highest BCUT2D eigenvalue weighted by molar-refractivity contribution is 7.93. The molecule has 0 bridgehead atoms. The normalized spacial score (nSPS) is 15.7. The molecule has 9 heteroatoms. The first kappa shape index (κ1) is 16.7. The summed E-state index contributed by atoms with van der Waals surface area (Å²) < 4.78 is 30.9. The average Bonchev–Trinajstić information content (AvgIpc) is 3.03. The highest BCUT2D eigenvalue weighted by Gasteiger charge is 2.33. The van der Waals surface area contributed by atoms with Crippen LogP contribution in [-0.2, 0) is 19.4 Å². The molecule has 24 heavy (non-hydrogen) atoms. The molecule has 1 fully saturated rings. The molecule has 0 spiro atoms. The van der Waals surface area contributed by atoms with Gasteiger partial charge in [-0.15, -0.1) is 11.3 Å². The number of hydrogen-bond donors (Lipinski definition) is 2. The lowest BCUT2D eigenvalue weighted by Gasteiger charge is -2.15.